The van der Waals surface area contributed by atoms with Crippen molar-refractivity contribution in [2.24, 2.45) is 0 Å². The highest BCUT2D eigenvalue weighted by molar-refractivity contribution is 5.71. The standard InChI is InChI=1S/C19H21NO2/c1-21-14-11-16-18(17(12-14)22-2)20-10-9-19(16)8-7-13-5-3-4-6-15(13)19/h3-6,11-12,20H,7-10H2,1-2H3. The van der Waals surface area contributed by atoms with Gasteiger partial charge in [0.2, 0.25) is 0 Å². The Morgan fingerprint density at radius 2 is 1.86 bits per heavy atom. The van der Waals surface area contributed by atoms with Crippen LogP contribution in [0.4, 0.5) is 5.69 Å². The molecule has 1 aliphatic carbocycles. The Morgan fingerprint density at radius 1 is 1.00 bits per heavy atom. The van der Waals surface area contributed by atoms with Gasteiger partial charge in [0.1, 0.15) is 11.5 Å². The van der Waals surface area contributed by atoms with Gasteiger partial charge in [-0.25, -0.2) is 0 Å². The molecule has 2 aromatic carbocycles. The number of nitrogens with one attached hydrogen (secondary N) is 1. The van der Waals surface area contributed by atoms with Crippen LogP contribution in [0.2, 0.25) is 0 Å². The molecule has 1 aliphatic heterocycles. The predicted molar refractivity (Wildman–Crippen MR) is 88.2 cm³/mol. The largest absolute Gasteiger partial charge is 0.497 e. The predicted octanol–water partition coefficient (Wildman–Crippen LogP) is 3.75. The van der Waals surface area contributed by atoms with Crippen LogP contribution in [0.1, 0.15) is 29.5 Å². The second-order valence-corrected chi connectivity index (χ2v) is 6.17. The zero-order chi connectivity index (χ0) is 15.2. The maximum absolute atomic E-state index is 5.60. The summed E-state index contributed by atoms with van der Waals surface area (Å²) >= 11 is 0. The van der Waals surface area contributed by atoms with Crippen LogP contribution in [-0.4, -0.2) is 20.8 Å². The van der Waals surface area contributed by atoms with Crippen LogP contribution in [0.15, 0.2) is 36.4 Å². The highest BCUT2D eigenvalue weighted by Crippen LogP contribution is 2.53. The van der Waals surface area contributed by atoms with Crippen molar-refractivity contribution in [1.29, 1.82) is 0 Å². The Kier molecular flexibility index (Phi) is 3.03. The Hall–Kier alpha value is -2.16. The monoisotopic (exact) mass is 295 g/mol. The van der Waals surface area contributed by atoms with Gasteiger partial charge in [-0.1, -0.05) is 24.3 Å². The highest BCUT2D eigenvalue weighted by Gasteiger charge is 2.44. The molecule has 2 aliphatic rings. The summed E-state index contributed by atoms with van der Waals surface area (Å²) in [5.41, 5.74) is 5.51. The maximum Gasteiger partial charge on any atom is 0.145 e. The average Bonchev–Trinajstić information content (AvgIpc) is 2.94. The number of fused-ring (bicyclic) bond motifs is 4. The molecule has 2 aromatic rings. The molecule has 4 rings (SSSR count). The molecule has 1 spiro atoms. The number of rotatable bonds is 2. The van der Waals surface area contributed by atoms with Crippen molar-refractivity contribution in [1.82, 2.24) is 0 Å². The molecule has 22 heavy (non-hydrogen) atoms. The molecule has 0 fully saturated rings. The van der Waals surface area contributed by atoms with E-state index in [2.05, 4.69) is 35.6 Å². The molecule has 0 bridgehead atoms. The molecule has 0 amide bonds. The lowest BCUT2D eigenvalue weighted by Crippen LogP contribution is -2.33. The fourth-order valence-corrected chi connectivity index (χ4v) is 4.19. The van der Waals surface area contributed by atoms with Gasteiger partial charge in [-0.15, -0.1) is 0 Å². The lowest BCUT2D eigenvalue weighted by molar-refractivity contribution is 0.386. The van der Waals surface area contributed by atoms with Crippen LogP contribution in [0.3, 0.4) is 0 Å². The van der Waals surface area contributed by atoms with Crippen molar-refractivity contribution in [3.63, 3.8) is 0 Å². The number of methoxy groups -OCH3 is 2. The van der Waals surface area contributed by atoms with E-state index < -0.39 is 0 Å². The first-order valence-electron chi connectivity index (χ1n) is 7.87. The molecule has 0 saturated carbocycles. The smallest absolute Gasteiger partial charge is 0.145 e. The molecule has 1 atom stereocenters. The number of aryl methyl sites for hydroxylation is 1. The van der Waals surface area contributed by atoms with E-state index in [0.717, 1.165) is 43.0 Å². The van der Waals surface area contributed by atoms with E-state index in [4.69, 9.17) is 9.47 Å². The number of anilines is 1. The minimum Gasteiger partial charge on any atom is -0.497 e. The summed E-state index contributed by atoms with van der Waals surface area (Å²) in [6, 6.07) is 13.0. The SMILES string of the molecule is COc1cc(OC)c2c(c1)C1(CCN2)CCc2ccccc21. The van der Waals surface area contributed by atoms with E-state index in [0.29, 0.717) is 0 Å². The maximum atomic E-state index is 5.60. The Balaban J connectivity index is 1.97. The van der Waals surface area contributed by atoms with E-state index in [-0.39, 0.29) is 5.41 Å². The third-order valence-corrected chi connectivity index (χ3v) is 5.25. The lowest BCUT2D eigenvalue weighted by Gasteiger charge is -2.38. The topological polar surface area (TPSA) is 30.5 Å². The molecule has 0 radical (unpaired) electrons. The minimum atomic E-state index is 0.0962. The van der Waals surface area contributed by atoms with Gasteiger partial charge in [0.15, 0.2) is 0 Å². The quantitative estimate of drug-likeness (QED) is 0.915. The van der Waals surface area contributed by atoms with Gasteiger partial charge in [-0.2, -0.15) is 0 Å². The second kappa shape index (κ2) is 4.94. The molecule has 0 aromatic heterocycles. The first kappa shape index (κ1) is 13.5. The molecule has 1 unspecified atom stereocenters. The molecule has 3 nitrogen and oxygen atoms in total. The molecule has 0 saturated heterocycles. The Labute approximate surface area is 131 Å². The minimum absolute atomic E-state index is 0.0962. The summed E-state index contributed by atoms with van der Waals surface area (Å²) in [5.74, 6) is 1.74. The normalized spacial score (nSPS) is 21.9. The second-order valence-electron chi connectivity index (χ2n) is 6.17. The molecular weight excluding hydrogens is 274 g/mol. The summed E-state index contributed by atoms with van der Waals surface area (Å²) in [6.07, 6.45) is 3.43. The van der Waals surface area contributed by atoms with Crippen LogP contribution in [-0.2, 0) is 11.8 Å². The van der Waals surface area contributed by atoms with Gasteiger partial charge in [0.25, 0.3) is 0 Å². The van der Waals surface area contributed by atoms with Crippen molar-refractivity contribution < 1.29 is 9.47 Å². The lowest BCUT2D eigenvalue weighted by atomic mass is 9.70. The zero-order valence-corrected chi connectivity index (χ0v) is 13.1. The van der Waals surface area contributed by atoms with Gasteiger partial charge in [0.05, 0.1) is 19.9 Å². The first-order chi connectivity index (χ1) is 10.8. The van der Waals surface area contributed by atoms with Crippen molar-refractivity contribution in [2.45, 2.75) is 24.7 Å². The zero-order valence-electron chi connectivity index (χ0n) is 13.1. The van der Waals surface area contributed by atoms with Crippen LogP contribution in [0, 0.1) is 0 Å². The Morgan fingerprint density at radius 3 is 2.68 bits per heavy atom. The third-order valence-electron chi connectivity index (χ3n) is 5.25. The molecule has 1 N–H and O–H groups in total. The molecular formula is C19H21NO2. The van der Waals surface area contributed by atoms with Crippen LogP contribution in [0.5, 0.6) is 11.5 Å². The van der Waals surface area contributed by atoms with E-state index in [9.17, 15) is 0 Å². The fourth-order valence-electron chi connectivity index (χ4n) is 4.19. The number of benzene rings is 2. The summed E-state index contributed by atoms with van der Waals surface area (Å²) in [6.45, 7) is 0.976. The summed E-state index contributed by atoms with van der Waals surface area (Å²) < 4.78 is 11.1. The average molecular weight is 295 g/mol. The van der Waals surface area contributed by atoms with E-state index >= 15 is 0 Å². The number of hydrogen-bond acceptors (Lipinski definition) is 3. The van der Waals surface area contributed by atoms with E-state index in [1.807, 2.05) is 6.07 Å². The third kappa shape index (κ3) is 1.75. The van der Waals surface area contributed by atoms with Crippen molar-refractivity contribution in [2.75, 3.05) is 26.1 Å². The van der Waals surface area contributed by atoms with E-state index in [1.165, 1.54) is 16.7 Å². The molecule has 114 valence electrons. The van der Waals surface area contributed by atoms with Crippen LogP contribution in [0.25, 0.3) is 0 Å². The first-order valence-corrected chi connectivity index (χ1v) is 7.87. The van der Waals surface area contributed by atoms with Crippen LogP contribution < -0.4 is 14.8 Å². The van der Waals surface area contributed by atoms with Gasteiger partial charge in [0, 0.05) is 18.0 Å². The van der Waals surface area contributed by atoms with Crippen LogP contribution >= 0.6 is 0 Å². The summed E-state index contributed by atoms with van der Waals surface area (Å²) in [4.78, 5) is 0. The highest BCUT2D eigenvalue weighted by atomic mass is 16.5. The van der Waals surface area contributed by atoms with Crippen molar-refractivity contribution >= 4 is 5.69 Å². The number of hydrogen-bond donors (Lipinski definition) is 1. The van der Waals surface area contributed by atoms with Gasteiger partial charge in [-0.05, 0) is 42.0 Å². The van der Waals surface area contributed by atoms with Gasteiger partial charge < -0.3 is 14.8 Å². The number of ether oxygens (including phenoxy) is 2. The molecule has 3 heteroatoms. The fraction of sp³-hybridized carbons (Fsp3) is 0.368. The molecule has 1 heterocycles. The van der Waals surface area contributed by atoms with Gasteiger partial charge in [-0.3, -0.25) is 0 Å². The van der Waals surface area contributed by atoms with Crippen molar-refractivity contribution in [3.8, 4) is 11.5 Å². The summed E-state index contributed by atoms with van der Waals surface area (Å²) in [5, 5.41) is 3.53. The van der Waals surface area contributed by atoms with Gasteiger partial charge >= 0.3 is 0 Å². The van der Waals surface area contributed by atoms with E-state index in [1.54, 1.807) is 14.2 Å². The summed E-state index contributed by atoms with van der Waals surface area (Å²) in [7, 11) is 3.44. The Bertz CT molecular complexity index is 725. The van der Waals surface area contributed by atoms with Crippen molar-refractivity contribution in [3.05, 3.63) is 53.1 Å².